The number of aromatic nitrogens is 5. The third-order valence-electron chi connectivity index (χ3n) is 5.99. The van der Waals surface area contributed by atoms with Crippen molar-refractivity contribution in [3.8, 4) is 28.8 Å². The van der Waals surface area contributed by atoms with Gasteiger partial charge in [0.2, 0.25) is 11.8 Å². The van der Waals surface area contributed by atoms with Crippen LogP contribution in [0.3, 0.4) is 0 Å². The van der Waals surface area contributed by atoms with Gasteiger partial charge in [-0.2, -0.15) is 0 Å². The molecule has 220 valence electrons. The van der Waals surface area contributed by atoms with E-state index < -0.39 is 0 Å². The summed E-state index contributed by atoms with van der Waals surface area (Å²) in [5.41, 5.74) is 2.96. The van der Waals surface area contributed by atoms with Crippen LogP contribution in [0, 0.1) is 13.8 Å². The molecule has 0 unspecified atom stereocenters. The van der Waals surface area contributed by atoms with Gasteiger partial charge in [-0.25, -0.2) is 9.97 Å². The Morgan fingerprint density at radius 2 is 1.60 bits per heavy atom. The van der Waals surface area contributed by atoms with Crippen molar-refractivity contribution in [2.75, 3.05) is 31.3 Å². The molecular formula is C31H36N6O4S. The largest absolute Gasteiger partial charge is 0.494 e. The smallest absolute Gasteiger partial charge is 0.239 e. The second-order valence-corrected chi connectivity index (χ2v) is 10.0. The first kappa shape index (κ1) is 30.6. The molecule has 0 aliphatic rings. The molecule has 0 aliphatic heterocycles. The van der Waals surface area contributed by atoms with Crippen molar-refractivity contribution in [3.63, 3.8) is 0 Å². The maximum atomic E-state index is 5.83. The maximum absolute atomic E-state index is 5.83. The fourth-order valence-corrected chi connectivity index (χ4v) is 4.58. The molecular weight excluding hydrogens is 552 g/mol. The van der Waals surface area contributed by atoms with Gasteiger partial charge in [0, 0.05) is 31.2 Å². The molecule has 3 aromatic heterocycles. The lowest BCUT2D eigenvalue weighted by molar-refractivity contribution is 0.134. The number of para-hydroxylation sites is 1. The highest BCUT2D eigenvalue weighted by atomic mass is 32.2. The first-order chi connectivity index (χ1) is 20.5. The van der Waals surface area contributed by atoms with Crippen molar-refractivity contribution in [1.29, 1.82) is 0 Å². The van der Waals surface area contributed by atoms with Gasteiger partial charge in [-0.1, -0.05) is 36.4 Å². The molecule has 0 saturated carbocycles. The van der Waals surface area contributed by atoms with Gasteiger partial charge in [-0.15, -0.1) is 10.2 Å². The predicted octanol–water partition coefficient (Wildman–Crippen LogP) is 6.48. The van der Waals surface area contributed by atoms with E-state index in [1.54, 1.807) is 14.2 Å². The number of ether oxygens (including phenoxy) is 3. The van der Waals surface area contributed by atoms with Crippen LogP contribution in [0.15, 0.2) is 77.5 Å². The third kappa shape index (κ3) is 8.11. The van der Waals surface area contributed by atoms with Crippen LogP contribution >= 0.6 is 11.9 Å². The molecule has 0 spiro atoms. The van der Waals surface area contributed by atoms with E-state index in [1.165, 1.54) is 17.5 Å². The monoisotopic (exact) mass is 588 g/mol. The third-order valence-corrected chi connectivity index (χ3v) is 6.73. The summed E-state index contributed by atoms with van der Waals surface area (Å²) in [6.07, 6.45) is 4.36. The summed E-state index contributed by atoms with van der Waals surface area (Å²) in [4.78, 5) is 8.70. The summed E-state index contributed by atoms with van der Waals surface area (Å²) in [6.45, 7) is 7.38. The summed E-state index contributed by atoms with van der Waals surface area (Å²) < 4.78 is 27.4. The van der Waals surface area contributed by atoms with Crippen molar-refractivity contribution in [2.24, 2.45) is 0 Å². The van der Waals surface area contributed by atoms with Gasteiger partial charge >= 0.3 is 0 Å². The van der Waals surface area contributed by atoms with Gasteiger partial charge < -0.3 is 18.6 Å². The first-order valence-electron chi connectivity index (χ1n) is 13.5. The summed E-state index contributed by atoms with van der Waals surface area (Å²) in [5.74, 6) is 5.21. The zero-order chi connectivity index (χ0) is 29.7. The van der Waals surface area contributed by atoms with E-state index in [0.29, 0.717) is 41.1 Å². The Hall–Kier alpha value is -4.35. The van der Waals surface area contributed by atoms with Gasteiger partial charge in [-0.3, -0.25) is 9.29 Å². The highest BCUT2D eigenvalue weighted by Crippen LogP contribution is 2.38. The highest BCUT2D eigenvalue weighted by Gasteiger charge is 2.24. The molecule has 5 aromatic rings. The Balaban J connectivity index is 0.000000343. The fraction of sp³-hybridized carbons (Fsp3) is 0.290. The molecule has 2 aromatic carbocycles. The zero-order valence-corrected chi connectivity index (χ0v) is 25.4. The minimum Gasteiger partial charge on any atom is -0.494 e. The van der Waals surface area contributed by atoms with E-state index in [2.05, 4.69) is 37.0 Å². The quantitative estimate of drug-likeness (QED) is 0.128. The van der Waals surface area contributed by atoms with Crippen LogP contribution in [0.25, 0.3) is 17.3 Å². The first-order valence-corrected chi connectivity index (χ1v) is 14.5. The van der Waals surface area contributed by atoms with Crippen LogP contribution < -0.4 is 14.2 Å². The number of aryl methyl sites for hydroxylation is 3. The fourth-order valence-electron chi connectivity index (χ4n) is 3.93. The zero-order valence-electron chi connectivity index (χ0n) is 24.5. The van der Waals surface area contributed by atoms with Crippen LogP contribution in [0.2, 0.25) is 0 Å². The maximum Gasteiger partial charge on any atom is 0.239 e. The average Bonchev–Trinajstić information content (AvgIpc) is 3.65. The van der Waals surface area contributed by atoms with E-state index in [4.69, 9.17) is 18.6 Å². The molecule has 0 saturated heterocycles. The number of nitrogens with zero attached hydrogens (tertiary/aromatic N) is 5. The number of hydrogen-bond acceptors (Lipinski definition) is 10. The van der Waals surface area contributed by atoms with Crippen LogP contribution in [-0.2, 0) is 17.8 Å². The normalized spacial score (nSPS) is 10.6. The van der Waals surface area contributed by atoms with Crippen molar-refractivity contribution < 1.29 is 18.6 Å². The lowest BCUT2D eigenvalue weighted by atomic mass is 10.2. The Morgan fingerprint density at radius 1 is 0.881 bits per heavy atom. The summed E-state index contributed by atoms with van der Waals surface area (Å²) in [7, 11) is 3.23. The lowest BCUT2D eigenvalue weighted by Crippen LogP contribution is -2.07. The highest BCUT2D eigenvalue weighted by molar-refractivity contribution is 8.00. The van der Waals surface area contributed by atoms with Gasteiger partial charge in [0.05, 0.1) is 20.8 Å². The number of nitrogens with one attached hydrogen (secondary N) is 1. The molecule has 42 heavy (non-hydrogen) atoms. The van der Waals surface area contributed by atoms with Crippen LogP contribution in [0.4, 0.5) is 5.95 Å². The molecule has 10 nitrogen and oxygen atoms in total. The number of methoxy groups -OCH3 is 2. The van der Waals surface area contributed by atoms with Crippen molar-refractivity contribution in [2.45, 2.75) is 33.8 Å². The number of furan rings is 1. The minimum atomic E-state index is 0.520. The van der Waals surface area contributed by atoms with Gasteiger partial charge in [0.1, 0.15) is 28.8 Å². The topological polar surface area (TPSA) is 109 Å². The van der Waals surface area contributed by atoms with E-state index >= 15 is 0 Å². The molecule has 0 aliphatic carbocycles. The van der Waals surface area contributed by atoms with Crippen LogP contribution in [-0.4, -0.2) is 51.3 Å². The summed E-state index contributed by atoms with van der Waals surface area (Å²) in [5, 5.41) is 8.74. The molecule has 0 fully saturated rings. The Morgan fingerprint density at radius 3 is 2.21 bits per heavy atom. The summed E-state index contributed by atoms with van der Waals surface area (Å²) in [6, 6.07) is 19.5. The van der Waals surface area contributed by atoms with Gasteiger partial charge in [0.15, 0.2) is 5.76 Å². The Labute approximate surface area is 250 Å². The van der Waals surface area contributed by atoms with Crippen LogP contribution in [0.5, 0.6) is 11.5 Å². The number of rotatable bonds is 12. The van der Waals surface area contributed by atoms with E-state index in [9.17, 15) is 0 Å². The average molecular weight is 589 g/mol. The predicted molar refractivity (Wildman–Crippen MR) is 165 cm³/mol. The summed E-state index contributed by atoms with van der Waals surface area (Å²) >= 11 is 1.49. The molecule has 0 bridgehead atoms. The standard InChI is InChI=1S/C22H24N6O3S.C9H12O/c1-14-12-23-19(24-13-14)10-11-32-27-22-26-25-21(18-9-8-15(2)31-18)28(22)20-16(29-3)6-5-7-17(20)30-4;1-2-10-8-9-6-4-3-5-7-9/h5-9,12-13H,10-11H2,1-4H3,(H,26,27);3-7H,2,8H2,1H3. The molecule has 11 heteroatoms. The molecule has 0 radical (unpaired) electrons. The van der Waals surface area contributed by atoms with E-state index in [-0.39, 0.29) is 0 Å². The second kappa shape index (κ2) is 15.6. The number of anilines is 1. The van der Waals surface area contributed by atoms with E-state index in [0.717, 1.165) is 36.1 Å². The van der Waals surface area contributed by atoms with Crippen molar-refractivity contribution in [1.82, 2.24) is 24.7 Å². The molecule has 5 rings (SSSR count). The van der Waals surface area contributed by atoms with Crippen molar-refractivity contribution >= 4 is 17.9 Å². The van der Waals surface area contributed by atoms with Crippen molar-refractivity contribution in [3.05, 3.63) is 95.8 Å². The SMILES string of the molecule is CCOCc1ccccc1.COc1cccc(OC)c1-n1c(NSCCc2ncc(C)cn2)nnc1-c1ccc(C)o1. The van der Waals surface area contributed by atoms with E-state index in [1.807, 2.05) is 86.3 Å². The van der Waals surface area contributed by atoms with Crippen LogP contribution in [0.1, 0.15) is 29.6 Å². The lowest BCUT2D eigenvalue weighted by Gasteiger charge is -2.16. The number of hydrogen-bond donors (Lipinski definition) is 1. The number of benzene rings is 2. The minimum absolute atomic E-state index is 0.520. The van der Waals surface area contributed by atoms with Gasteiger partial charge in [0.25, 0.3) is 0 Å². The molecule has 0 amide bonds. The van der Waals surface area contributed by atoms with Gasteiger partial charge in [-0.05, 0) is 68.1 Å². The molecule has 0 atom stereocenters. The molecule has 3 heterocycles. The Kier molecular flexibility index (Phi) is 11.4. The molecule has 1 N–H and O–H groups in total. The second-order valence-electron chi connectivity index (χ2n) is 9.10. The Bertz CT molecular complexity index is 1500.